The first kappa shape index (κ1) is 19.6. The highest BCUT2D eigenvalue weighted by Gasteiger charge is 2.21. The van der Waals surface area contributed by atoms with Gasteiger partial charge in [0.2, 0.25) is 11.8 Å². The lowest BCUT2D eigenvalue weighted by molar-refractivity contribution is -0.126. The van der Waals surface area contributed by atoms with Crippen molar-refractivity contribution in [3.8, 4) is 0 Å². The van der Waals surface area contributed by atoms with Crippen molar-refractivity contribution in [3.05, 3.63) is 58.3 Å². The number of carbonyl (C=O) groups excluding carboxylic acids is 2. The molecule has 0 bridgehead atoms. The van der Waals surface area contributed by atoms with Gasteiger partial charge in [-0.15, -0.1) is 11.3 Å². The molecule has 1 aliphatic rings. The number of hydrogen-bond acceptors (Lipinski definition) is 3. The van der Waals surface area contributed by atoms with Gasteiger partial charge in [0.15, 0.2) is 0 Å². The van der Waals surface area contributed by atoms with Crippen molar-refractivity contribution >= 4 is 23.2 Å². The van der Waals surface area contributed by atoms with E-state index in [1.54, 1.807) is 11.3 Å². The van der Waals surface area contributed by atoms with Crippen LogP contribution in [0.25, 0.3) is 0 Å². The van der Waals surface area contributed by atoms with Crippen molar-refractivity contribution in [2.75, 3.05) is 6.54 Å². The SMILES string of the molecule is O=C(CCNC(=O)C1CCCCC1)NC(Cc1ccccc1)c1cccs1. The van der Waals surface area contributed by atoms with E-state index in [2.05, 4.69) is 28.8 Å². The quantitative estimate of drug-likeness (QED) is 0.715. The van der Waals surface area contributed by atoms with Gasteiger partial charge in [-0.2, -0.15) is 0 Å². The maximum absolute atomic E-state index is 12.4. The molecule has 1 fully saturated rings. The molecule has 0 spiro atoms. The van der Waals surface area contributed by atoms with E-state index < -0.39 is 0 Å². The first-order chi connectivity index (χ1) is 13.2. The molecular formula is C22H28N2O2S. The molecule has 144 valence electrons. The standard InChI is InChI=1S/C22H28N2O2S/c25-21(13-14-23-22(26)18-10-5-2-6-11-18)24-19(20-12-7-15-27-20)16-17-8-3-1-4-9-17/h1,3-4,7-9,12,15,18-19H,2,5-6,10-11,13-14,16H2,(H,23,26)(H,24,25). The molecule has 2 aromatic rings. The fourth-order valence-electron chi connectivity index (χ4n) is 3.64. The maximum Gasteiger partial charge on any atom is 0.223 e. The van der Waals surface area contributed by atoms with E-state index in [0.717, 1.165) is 37.0 Å². The van der Waals surface area contributed by atoms with E-state index >= 15 is 0 Å². The summed E-state index contributed by atoms with van der Waals surface area (Å²) in [4.78, 5) is 25.8. The van der Waals surface area contributed by atoms with Crippen LogP contribution < -0.4 is 10.6 Å². The molecule has 4 nitrogen and oxygen atoms in total. The largest absolute Gasteiger partial charge is 0.355 e. The van der Waals surface area contributed by atoms with Crippen LogP contribution in [-0.2, 0) is 16.0 Å². The van der Waals surface area contributed by atoms with E-state index in [9.17, 15) is 9.59 Å². The summed E-state index contributed by atoms with van der Waals surface area (Å²) in [6, 6.07) is 14.2. The van der Waals surface area contributed by atoms with Gasteiger partial charge >= 0.3 is 0 Å². The number of carbonyl (C=O) groups is 2. The van der Waals surface area contributed by atoms with Gasteiger partial charge in [-0.25, -0.2) is 0 Å². The van der Waals surface area contributed by atoms with Crippen LogP contribution in [-0.4, -0.2) is 18.4 Å². The number of rotatable bonds is 8. The van der Waals surface area contributed by atoms with Crippen molar-refractivity contribution in [1.29, 1.82) is 0 Å². The van der Waals surface area contributed by atoms with E-state index in [1.807, 2.05) is 29.6 Å². The van der Waals surface area contributed by atoms with Gasteiger partial charge in [0, 0.05) is 23.8 Å². The monoisotopic (exact) mass is 384 g/mol. The van der Waals surface area contributed by atoms with Crippen LogP contribution in [0.2, 0.25) is 0 Å². The molecule has 0 radical (unpaired) electrons. The van der Waals surface area contributed by atoms with Crippen molar-refractivity contribution < 1.29 is 9.59 Å². The fraction of sp³-hybridized carbons (Fsp3) is 0.455. The molecule has 2 N–H and O–H groups in total. The topological polar surface area (TPSA) is 58.2 Å². The van der Waals surface area contributed by atoms with Crippen LogP contribution in [0.1, 0.15) is 55.0 Å². The van der Waals surface area contributed by atoms with Crippen LogP contribution in [0.4, 0.5) is 0 Å². The zero-order chi connectivity index (χ0) is 18.9. The van der Waals surface area contributed by atoms with E-state index in [4.69, 9.17) is 0 Å². The summed E-state index contributed by atoms with van der Waals surface area (Å²) in [7, 11) is 0. The highest BCUT2D eigenvalue weighted by molar-refractivity contribution is 7.10. The second kappa shape index (κ2) is 10.3. The van der Waals surface area contributed by atoms with Crippen LogP contribution in [0.3, 0.4) is 0 Å². The average Bonchev–Trinajstić information content (AvgIpc) is 3.24. The Morgan fingerprint density at radius 2 is 1.81 bits per heavy atom. The molecule has 3 rings (SSSR count). The number of benzene rings is 1. The van der Waals surface area contributed by atoms with Crippen molar-refractivity contribution in [2.24, 2.45) is 5.92 Å². The molecule has 0 aliphatic heterocycles. The highest BCUT2D eigenvalue weighted by atomic mass is 32.1. The molecule has 1 aliphatic carbocycles. The van der Waals surface area contributed by atoms with Gasteiger partial charge in [-0.3, -0.25) is 9.59 Å². The molecule has 1 unspecified atom stereocenters. The molecule has 1 saturated carbocycles. The molecule has 5 heteroatoms. The summed E-state index contributed by atoms with van der Waals surface area (Å²) in [5, 5.41) is 8.12. The van der Waals surface area contributed by atoms with Gasteiger partial charge < -0.3 is 10.6 Å². The highest BCUT2D eigenvalue weighted by Crippen LogP contribution is 2.24. The number of nitrogens with one attached hydrogen (secondary N) is 2. The number of amides is 2. The maximum atomic E-state index is 12.4. The lowest BCUT2D eigenvalue weighted by Crippen LogP contribution is -2.36. The Balaban J connectivity index is 1.48. The summed E-state index contributed by atoms with van der Waals surface area (Å²) in [6.45, 7) is 0.406. The minimum absolute atomic E-state index is 0.0201. The molecule has 1 aromatic heterocycles. The number of thiophene rings is 1. The van der Waals surface area contributed by atoms with Crippen LogP contribution >= 0.6 is 11.3 Å². The number of hydrogen-bond donors (Lipinski definition) is 2. The molecular weight excluding hydrogens is 356 g/mol. The summed E-state index contributed by atoms with van der Waals surface area (Å²) in [6.07, 6.45) is 6.56. The van der Waals surface area contributed by atoms with Crippen molar-refractivity contribution in [1.82, 2.24) is 10.6 Å². The lowest BCUT2D eigenvalue weighted by Gasteiger charge is -2.21. The van der Waals surface area contributed by atoms with Gasteiger partial charge in [-0.1, -0.05) is 55.7 Å². The van der Waals surface area contributed by atoms with Crippen LogP contribution in [0, 0.1) is 5.92 Å². The third kappa shape index (κ3) is 6.21. The van der Waals surface area contributed by atoms with Crippen LogP contribution in [0.15, 0.2) is 47.8 Å². The Labute approximate surface area is 165 Å². The van der Waals surface area contributed by atoms with Crippen molar-refractivity contribution in [3.63, 3.8) is 0 Å². The average molecular weight is 385 g/mol. The molecule has 0 saturated heterocycles. The summed E-state index contributed by atoms with van der Waals surface area (Å²) in [5.74, 6) is 0.230. The fourth-order valence-corrected chi connectivity index (χ4v) is 4.41. The third-order valence-electron chi connectivity index (χ3n) is 5.13. The van der Waals surface area contributed by atoms with Gasteiger partial charge in [-0.05, 0) is 36.3 Å². The third-order valence-corrected chi connectivity index (χ3v) is 6.12. The second-order valence-electron chi connectivity index (χ2n) is 7.20. The first-order valence-electron chi connectivity index (χ1n) is 9.87. The Morgan fingerprint density at radius 1 is 1.04 bits per heavy atom. The Bertz CT molecular complexity index is 709. The normalized spacial score (nSPS) is 15.9. The zero-order valence-electron chi connectivity index (χ0n) is 15.7. The summed E-state index contributed by atoms with van der Waals surface area (Å²) < 4.78 is 0. The zero-order valence-corrected chi connectivity index (χ0v) is 16.5. The minimum atomic E-state index is -0.0334. The molecule has 1 heterocycles. The molecule has 1 aromatic carbocycles. The van der Waals surface area contributed by atoms with E-state index in [0.29, 0.717) is 13.0 Å². The lowest BCUT2D eigenvalue weighted by atomic mass is 9.89. The van der Waals surface area contributed by atoms with E-state index in [-0.39, 0.29) is 23.8 Å². The molecule has 1 atom stereocenters. The van der Waals surface area contributed by atoms with Crippen molar-refractivity contribution in [2.45, 2.75) is 51.0 Å². The minimum Gasteiger partial charge on any atom is -0.355 e. The van der Waals surface area contributed by atoms with Gasteiger partial charge in [0.25, 0.3) is 0 Å². The summed E-state index contributed by atoms with van der Waals surface area (Å²) in [5.41, 5.74) is 1.20. The molecule has 27 heavy (non-hydrogen) atoms. The Kier molecular flexibility index (Phi) is 7.45. The Hall–Kier alpha value is -2.14. The first-order valence-corrected chi connectivity index (χ1v) is 10.7. The van der Waals surface area contributed by atoms with Gasteiger partial charge in [0.05, 0.1) is 6.04 Å². The van der Waals surface area contributed by atoms with Gasteiger partial charge in [0.1, 0.15) is 0 Å². The van der Waals surface area contributed by atoms with E-state index in [1.165, 1.54) is 12.0 Å². The predicted octanol–water partition coefficient (Wildman–Crippen LogP) is 4.23. The molecule has 2 amide bonds. The predicted molar refractivity (Wildman–Crippen MR) is 110 cm³/mol. The Morgan fingerprint density at radius 3 is 2.52 bits per heavy atom. The second-order valence-corrected chi connectivity index (χ2v) is 8.18. The smallest absolute Gasteiger partial charge is 0.223 e. The van der Waals surface area contributed by atoms with Crippen LogP contribution in [0.5, 0.6) is 0 Å². The summed E-state index contributed by atoms with van der Waals surface area (Å²) >= 11 is 1.66.